The maximum Gasteiger partial charge on any atom is 0.260 e. The fourth-order valence-electron chi connectivity index (χ4n) is 1.43. The molecule has 104 valence electrons. The first kappa shape index (κ1) is 15.5. The van der Waals surface area contributed by atoms with Gasteiger partial charge in [0.2, 0.25) is 0 Å². The van der Waals surface area contributed by atoms with E-state index in [1.165, 1.54) is 13.0 Å². The van der Waals surface area contributed by atoms with Crippen LogP contribution in [0, 0.1) is 0 Å². The second-order valence-electron chi connectivity index (χ2n) is 4.58. The lowest BCUT2D eigenvalue weighted by molar-refractivity contribution is -0.133. The molecular weight excluding hydrogens is 266 g/mol. The van der Waals surface area contributed by atoms with Crippen LogP contribution in [0.2, 0.25) is 5.02 Å². The van der Waals surface area contributed by atoms with Gasteiger partial charge in [-0.25, -0.2) is 0 Å². The average molecular weight is 284 g/mol. The summed E-state index contributed by atoms with van der Waals surface area (Å²) in [5.41, 5.74) is 0.382. The van der Waals surface area contributed by atoms with Crippen LogP contribution in [0.25, 0.3) is 0 Å². The number of carbonyl (C=O) groups is 2. The van der Waals surface area contributed by atoms with Gasteiger partial charge in [-0.15, -0.1) is 0 Å². The number of ketones is 1. The largest absolute Gasteiger partial charge is 0.483 e. The fraction of sp³-hybridized carbons (Fsp3) is 0.429. The molecule has 1 aromatic rings. The Morgan fingerprint density at radius 1 is 1.37 bits per heavy atom. The second kappa shape index (κ2) is 6.57. The van der Waals surface area contributed by atoms with Gasteiger partial charge in [0, 0.05) is 18.1 Å². The smallest absolute Gasteiger partial charge is 0.260 e. The van der Waals surface area contributed by atoms with Gasteiger partial charge in [-0.05, 0) is 39.0 Å². The van der Waals surface area contributed by atoms with E-state index in [0.29, 0.717) is 16.3 Å². The van der Waals surface area contributed by atoms with Gasteiger partial charge in [-0.2, -0.15) is 0 Å². The highest BCUT2D eigenvalue weighted by molar-refractivity contribution is 6.31. The second-order valence-corrected chi connectivity index (χ2v) is 5.02. The molecule has 0 N–H and O–H groups in total. The Morgan fingerprint density at radius 3 is 2.53 bits per heavy atom. The Bertz CT molecular complexity index is 486. The van der Waals surface area contributed by atoms with Crippen molar-refractivity contribution >= 4 is 23.3 Å². The first-order valence-electron chi connectivity index (χ1n) is 6.02. The van der Waals surface area contributed by atoms with E-state index in [1.807, 2.05) is 13.8 Å². The average Bonchev–Trinajstić information content (AvgIpc) is 2.35. The molecule has 0 saturated heterocycles. The van der Waals surface area contributed by atoms with E-state index in [9.17, 15) is 9.59 Å². The zero-order valence-corrected chi connectivity index (χ0v) is 12.3. The molecule has 0 fully saturated rings. The highest BCUT2D eigenvalue weighted by Crippen LogP contribution is 2.23. The molecule has 0 aliphatic rings. The van der Waals surface area contributed by atoms with E-state index in [-0.39, 0.29) is 24.3 Å². The maximum atomic E-state index is 11.8. The van der Waals surface area contributed by atoms with Gasteiger partial charge in [0.25, 0.3) is 5.91 Å². The zero-order chi connectivity index (χ0) is 14.6. The molecule has 4 nitrogen and oxygen atoms in total. The normalized spacial score (nSPS) is 10.4. The minimum Gasteiger partial charge on any atom is -0.483 e. The summed E-state index contributed by atoms with van der Waals surface area (Å²) in [5, 5.41) is 0.461. The van der Waals surface area contributed by atoms with Crippen molar-refractivity contribution < 1.29 is 14.3 Å². The molecule has 0 atom stereocenters. The third kappa shape index (κ3) is 4.24. The quantitative estimate of drug-likeness (QED) is 0.781. The van der Waals surface area contributed by atoms with E-state index in [4.69, 9.17) is 16.3 Å². The Hall–Kier alpha value is -1.55. The van der Waals surface area contributed by atoms with Crippen molar-refractivity contribution in [2.45, 2.75) is 26.8 Å². The molecular formula is C14H18ClNO3. The number of hydrogen-bond acceptors (Lipinski definition) is 3. The summed E-state index contributed by atoms with van der Waals surface area (Å²) < 4.78 is 5.42. The molecule has 1 amide bonds. The van der Waals surface area contributed by atoms with E-state index in [0.717, 1.165) is 0 Å². The summed E-state index contributed by atoms with van der Waals surface area (Å²) in [5.74, 6) is 0.0871. The maximum absolute atomic E-state index is 11.8. The number of benzene rings is 1. The standard InChI is InChI=1S/C14H18ClNO3/c1-9(2)16(4)14(18)8-19-13-6-5-11(15)7-12(13)10(3)17/h5-7,9H,8H2,1-4H3. The number of rotatable bonds is 5. The Morgan fingerprint density at radius 2 is 2.00 bits per heavy atom. The first-order valence-corrected chi connectivity index (χ1v) is 6.39. The fourth-order valence-corrected chi connectivity index (χ4v) is 1.60. The lowest BCUT2D eigenvalue weighted by atomic mass is 10.1. The molecule has 1 aromatic carbocycles. The van der Waals surface area contributed by atoms with Crippen molar-refractivity contribution in [3.8, 4) is 5.75 Å². The summed E-state index contributed by atoms with van der Waals surface area (Å²) in [7, 11) is 1.71. The number of halogens is 1. The summed E-state index contributed by atoms with van der Waals surface area (Å²) >= 11 is 5.83. The predicted octanol–water partition coefficient (Wildman–Crippen LogP) is 2.79. The van der Waals surface area contributed by atoms with Crippen LogP contribution in [-0.4, -0.2) is 36.3 Å². The third-order valence-electron chi connectivity index (χ3n) is 2.84. The van der Waals surface area contributed by atoms with Crippen LogP contribution >= 0.6 is 11.6 Å². The molecule has 0 aliphatic carbocycles. The molecule has 5 heteroatoms. The van der Waals surface area contributed by atoms with Crippen LogP contribution in [0.15, 0.2) is 18.2 Å². The zero-order valence-electron chi connectivity index (χ0n) is 11.6. The topological polar surface area (TPSA) is 46.6 Å². The molecule has 0 saturated carbocycles. The van der Waals surface area contributed by atoms with Crippen molar-refractivity contribution in [2.24, 2.45) is 0 Å². The Kier molecular flexibility index (Phi) is 5.36. The van der Waals surface area contributed by atoms with Crippen molar-refractivity contribution in [1.82, 2.24) is 4.90 Å². The van der Waals surface area contributed by atoms with Crippen molar-refractivity contribution in [1.29, 1.82) is 0 Å². The van der Waals surface area contributed by atoms with Crippen molar-refractivity contribution in [3.05, 3.63) is 28.8 Å². The lowest BCUT2D eigenvalue weighted by Crippen LogP contribution is -2.36. The number of amides is 1. The molecule has 0 aromatic heterocycles. The molecule has 1 rings (SSSR count). The van der Waals surface area contributed by atoms with Gasteiger partial charge in [0.05, 0.1) is 5.56 Å². The monoisotopic (exact) mass is 283 g/mol. The summed E-state index contributed by atoms with van der Waals surface area (Å²) in [4.78, 5) is 24.9. The Labute approximate surface area is 118 Å². The molecule has 0 spiro atoms. The molecule has 19 heavy (non-hydrogen) atoms. The summed E-state index contributed by atoms with van der Waals surface area (Å²) in [6.45, 7) is 5.17. The van der Waals surface area contributed by atoms with Gasteiger partial charge in [0.15, 0.2) is 12.4 Å². The minimum atomic E-state index is -0.151. The number of ether oxygens (including phenoxy) is 1. The van der Waals surface area contributed by atoms with E-state index in [2.05, 4.69) is 0 Å². The third-order valence-corrected chi connectivity index (χ3v) is 3.08. The first-order chi connectivity index (χ1) is 8.82. The number of carbonyl (C=O) groups excluding carboxylic acids is 2. The number of likely N-dealkylation sites (N-methyl/N-ethyl adjacent to an activating group) is 1. The summed E-state index contributed by atoms with van der Waals surface area (Å²) in [6, 6.07) is 4.87. The molecule has 0 unspecified atom stereocenters. The van der Waals surface area contributed by atoms with Crippen LogP contribution in [0.4, 0.5) is 0 Å². The van der Waals surface area contributed by atoms with Crippen LogP contribution in [-0.2, 0) is 4.79 Å². The van der Waals surface area contributed by atoms with Crippen LogP contribution in [0.5, 0.6) is 5.75 Å². The van der Waals surface area contributed by atoms with Crippen LogP contribution in [0.1, 0.15) is 31.1 Å². The van der Waals surface area contributed by atoms with E-state index in [1.54, 1.807) is 24.1 Å². The highest BCUT2D eigenvalue weighted by atomic mass is 35.5. The summed E-state index contributed by atoms with van der Waals surface area (Å²) in [6.07, 6.45) is 0. The van der Waals surface area contributed by atoms with Crippen molar-refractivity contribution in [2.75, 3.05) is 13.7 Å². The number of nitrogens with zero attached hydrogens (tertiary/aromatic N) is 1. The predicted molar refractivity (Wildman–Crippen MR) is 74.9 cm³/mol. The SMILES string of the molecule is CC(=O)c1cc(Cl)ccc1OCC(=O)N(C)C(C)C. The van der Waals surface area contributed by atoms with Gasteiger partial charge in [-0.1, -0.05) is 11.6 Å². The van der Waals surface area contributed by atoms with Crippen molar-refractivity contribution in [3.63, 3.8) is 0 Å². The van der Waals surface area contributed by atoms with E-state index >= 15 is 0 Å². The molecule has 0 heterocycles. The number of Topliss-reactive ketones (excluding diaryl/α,β-unsaturated/α-hetero) is 1. The molecule has 0 aliphatic heterocycles. The molecule has 0 radical (unpaired) electrons. The van der Waals surface area contributed by atoms with E-state index < -0.39 is 0 Å². The lowest BCUT2D eigenvalue weighted by Gasteiger charge is -2.21. The van der Waals surface area contributed by atoms with Gasteiger partial charge in [-0.3, -0.25) is 9.59 Å². The van der Waals surface area contributed by atoms with Gasteiger partial charge < -0.3 is 9.64 Å². The van der Waals surface area contributed by atoms with Gasteiger partial charge in [0.1, 0.15) is 5.75 Å². The minimum absolute atomic E-state index is 0.101. The highest BCUT2D eigenvalue weighted by Gasteiger charge is 2.15. The molecule has 0 bridgehead atoms. The Balaban J connectivity index is 2.78. The number of hydrogen-bond donors (Lipinski definition) is 0. The van der Waals surface area contributed by atoms with Gasteiger partial charge >= 0.3 is 0 Å². The van der Waals surface area contributed by atoms with Crippen LogP contribution in [0.3, 0.4) is 0 Å². The van der Waals surface area contributed by atoms with Crippen LogP contribution < -0.4 is 4.74 Å².